The van der Waals surface area contributed by atoms with Crippen molar-refractivity contribution < 1.29 is 27.0 Å². The summed E-state index contributed by atoms with van der Waals surface area (Å²) in [7, 11) is 0. The van der Waals surface area contributed by atoms with Gasteiger partial charge in [-0.3, -0.25) is 0 Å². The van der Waals surface area contributed by atoms with Crippen LogP contribution in [0.5, 0.6) is 0 Å². The van der Waals surface area contributed by atoms with Gasteiger partial charge < -0.3 is 9.47 Å². The second kappa shape index (κ2) is 10.9. The van der Waals surface area contributed by atoms with Gasteiger partial charge in [0.2, 0.25) is 0 Å². The van der Waals surface area contributed by atoms with E-state index in [-0.39, 0.29) is 18.1 Å². The molecule has 0 aromatic heterocycles. The third-order valence-corrected chi connectivity index (χ3v) is 8.58. The van der Waals surface area contributed by atoms with E-state index in [1.54, 1.807) is 0 Å². The highest BCUT2D eigenvalue weighted by Gasteiger charge is 2.38. The van der Waals surface area contributed by atoms with Crippen LogP contribution in [0.1, 0.15) is 88.2 Å². The molecule has 1 aromatic carbocycles. The summed E-state index contributed by atoms with van der Waals surface area (Å²) in [6.07, 6.45) is 10.8. The average molecular weight is 535 g/mol. The van der Waals surface area contributed by atoms with E-state index >= 15 is 0 Å². The maximum absolute atomic E-state index is 14.2. The highest BCUT2D eigenvalue weighted by Crippen LogP contribution is 2.43. The summed E-state index contributed by atoms with van der Waals surface area (Å²) in [5.74, 6) is -0.105. The van der Waals surface area contributed by atoms with Crippen molar-refractivity contribution in [3.8, 4) is 0 Å². The van der Waals surface area contributed by atoms with Crippen LogP contribution in [0.4, 0.5) is 17.6 Å². The number of rotatable bonds is 6. The molecule has 0 bridgehead atoms. The van der Waals surface area contributed by atoms with Gasteiger partial charge in [-0.25, -0.2) is 8.78 Å². The zero-order valence-corrected chi connectivity index (χ0v) is 20.9. The molecule has 3 fully saturated rings. The van der Waals surface area contributed by atoms with Gasteiger partial charge >= 0.3 is 4.83 Å². The summed E-state index contributed by atoms with van der Waals surface area (Å²) in [5.41, 5.74) is -0.773. The van der Waals surface area contributed by atoms with Gasteiger partial charge in [-0.05, 0) is 89.9 Å². The maximum atomic E-state index is 14.2. The number of hydrogen-bond donors (Lipinski definition) is 0. The van der Waals surface area contributed by atoms with Crippen LogP contribution < -0.4 is 0 Å². The zero-order valence-electron chi connectivity index (χ0n) is 19.3. The third kappa shape index (κ3) is 6.13. The molecule has 7 heteroatoms. The molecule has 2 saturated carbocycles. The van der Waals surface area contributed by atoms with Crippen LogP contribution in [0.2, 0.25) is 0 Å². The molecule has 0 spiro atoms. The van der Waals surface area contributed by atoms with E-state index in [2.05, 4.69) is 22.9 Å². The van der Waals surface area contributed by atoms with E-state index in [0.29, 0.717) is 17.4 Å². The van der Waals surface area contributed by atoms with Crippen molar-refractivity contribution in [3.63, 3.8) is 0 Å². The Labute approximate surface area is 202 Å². The van der Waals surface area contributed by atoms with E-state index < -0.39 is 22.0 Å². The lowest BCUT2D eigenvalue weighted by Crippen LogP contribution is -2.41. The molecule has 0 amide bonds. The van der Waals surface area contributed by atoms with E-state index in [1.807, 2.05) is 0 Å². The van der Waals surface area contributed by atoms with Crippen LogP contribution in [0.3, 0.4) is 0 Å². The summed E-state index contributed by atoms with van der Waals surface area (Å²) in [6, 6.07) is 2.12. The first kappa shape index (κ1) is 25.4. The van der Waals surface area contributed by atoms with Crippen LogP contribution in [-0.2, 0) is 14.3 Å². The molecule has 1 aromatic rings. The zero-order chi connectivity index (χ0) is 23.6. The molecule has 1 aliphatic heterocycles. The van der Waals surface area contributed by atoms with Gasteiger partial charge in [-0.2, -0.15) is 8.78 Å². The Balaban J connectivity index is 1.25. The van der Waals surface area contributed by atoms with Crippen molar-refractivity contribution in [2.24, 2.45) is 23.7 Å². The monoisotopic (exact) mass is 534 g/mol. The fraction of sp³-hybridized carbons (Fsp3) is 0.769. The van der Waals surface area contributed by atoms with Crippen molar-refractivity contribution in [2.75, 3.05) is 13.2 Å². The number of benzene rings is 1. The average Bonchev–Trinajstić information content (AvgIpc) is 2.79. The van der Waals surface area contributed by atoms with Crippen LogP contribution >= 0.6 is 15.9 Å². The topological polar surface area (TPSA) is 18.5 Å². The Morgan fingerprint density at radius 1 is 0.848 bits per heavy atom. The summed E-state index contributed by atoms with van der Waals surface area (Å²) in [5, 5.41) is 0. The fourth-order valence-corrected chi connectivity index (χ4v) is 6.64. The Bertz CT molecular complexity index is 752. The molecule has 1 saturated heterocycles. The van der Waals surface area contributed by atoms with Crippen molar-refractivity contribution in [1.29, 1.82) is 0 Å². The molecule has 33 heavy (non-hydrogen) atoms. The maximum Gasteiger partial charge on any atom is 0.332 e. The van der Waals surface area contributed by atoms with Crippen LogP contribution in [0.25, 0.3) is 0 Å². The molecule has 0 N–H and O–H groups in total. The quantitative estimate of drug-likeness (QED) is 0.270. The van der Waals surface area contributed by atoms with Gasteiger partial charge in [0.05, 0.1) is 13.2 Å². The SMILES string of the molecule is CCCC1CCC(C2COC(C3CCC(c4cc(F)c(C(F)(F)Br)c(F)c4)CC3)OC2)CC1. The molecule has 1 heterocycles. The van der Waals surface area contributed by atoms with Gasteiger partial charge in [0.25, 0.3) is 0 Å². The molecule has 3 aliphatic rings. The predicted octanol–water partition coefficient (Wildman–Crippen LogP) is 8.28. The summed E-state index contributed by atoms with van der Waals surface area (Å²) in [6.45, 7) is 3.78. The summed E-state index contributed by atoms with van der Waals surface area (Å²) >= 11 is 2.06. The Morgan fingerprint density at radius 3 is 1.91 bits per heavy atom. The van der Waals surface area contributed by atoms with E-state index in [1.165, 1.54) is 38.5 Å². The number of halogens is 5. The standard InChI is InChI=1S/C26H35BrF4O2/c1-2-3-16-4-6-18(7-5-16)21-14-32-25(33-15-21)19-10-8-17(9-11-19)20-12-22(28)24(23(29)13-20)26(27,30)31/h12-13,16-19,21,25H,2-11,14-15H2,1H3. The minimum Gasteiger partial charge on any atom is -0.352 e. The Hall–Kier alpha value is -0.660. The molecule has 2 aliphatic carbocycles. The Morgan fingerprint density at radius 2 is 1.39 bits per heavy atom. The Kier molecular flexibility index (Phi) is 8.44. The fourth-order valence-electron chi connectivity index (χ4n) is 6.26. The van der Waals surface area contributed by atoms with Gasteiger partial charge in [0.15, 0.2) is 6.29 Å². The molecular weight excluding hydrogens is 500 g/mol. The number of ether oxygens (including phenoxy) is 2. The summed E-state index contributed by atoms with van der Waals surface area (Å²) < 4.78 is 67.5. The first-order chi connectivity index (χ1) is 15.8. The predicted molar refractivity (Wildman–Crippen MR) is 123 cm³/mol. The molecule has 186 valence electrons. The minimum atomic E-state index is -3.72. The second-order valence-corrected chi connectivity index (χ2v) is 11.3. The van der Waals surface area contributed by atoms with Crippen molar-refractivity contribution in [2.45, 2.75) is 88.2 Å². The highest BCUT2D eigenvalue weighted by molar-refractivity contribution is 9.09. The molecule has 2 nitrogen and oxygen atoms in total. The minimum absolute atomic E-state index is 0.0436. The largest absolute Gasteiger partial charge is 0.352 e. The molecule has 4 rings (SSSR count). The van der Waals surface area contributed by atoms with Gasteiger partial charge in [0.1, 0.15) is 17.2 Å². The first-order valence-electron chi connectivity index (χ1n) is 12.6. The molecular formula is C26H35BrF4O2. The van der Waals surface area contributed by atoms with Crippen LogP contribution in [-0.4, -0.2) is 19.5 Å². The van der Waals surface area contributed by atoms with Crippen molar-refractivity contribution in [1.82, 2.24) is 0 Å². The highest BCUT2D eigenvalue weighted by atomic mass is 79.9. The second-order valence-electron chi connectivity index (χ2n) is 10.3. The lowest BCUT2D eigenvalue weighted by Gasteiger charge is -2.41. The third-order valence-electron chi connectivity index (χ3n) is 8.18. The smallest absolute Gasteiger partial charge is 0.332 e. The van der Waals surface area contributed by atoms with Crippen LogP contribution in [0.15, 0.2) is 12.1 Å². The van der Waals surface area contributed by atoms with Gasteiger partial charge in [-0.15, -0.1) is 0 Å². The van der Waals surface area contributed by atoms with E-state index in [0.717, 1.165) is 56.9 Å². The van der Waals surface area contributed by atoms with Gasteiger partial charge in [0, 0.05) is 11.8 Å². The molecule has 0 unspecified atom stereocenters. The van der Waals surface area contributed by atoms with E-state index in [9.17, 15) is 17.6 Å². The summed E-state index contributed by atoms with van der Waals surface area (Å²) in [4.78, 5) is -3.72. The first-order valence-corrected chi connectivity index (χ1v) is 13.3. The van der Waals surface area contributed by atoms with Crippen molar-refractivity contribution in [3.05, 3.63) is 34.9 Å². The molecule has 0 atom stereocenters. The normalized spacial score (nSPS) is 33.8. The van der Waals surface area contributed by atoms with Gasteiger partial charge in [-0.1, -0.05) is 32.6 Å². The number of alkyl halides is 3. The number of hydrogen-bond acceptors (Lipinski definition) is 2. The molecule has 0 radical (unpaired) electrons. The van der Waals surface area contributed by atoms with E-state index in [4.69, 9.17) is 9.47 Å². The lowest BCUT2D eigenvalue weighted by molar-refractivity contribution is -0.236. The van der Waals surface area contributed by atoms with Crippen LogP contribution in [0, 0.1) is 35.3 Å². The van der Waals surface area contributed by atoms with Crippen molar-refractivity contribution >= 4 is 15.9 Å². The lowest BCUT2D eigenvalue weighted by atomic mass is 9.74.